The molecule has 0 atom stereocenters. The van der Waals surface area contributed by atoms with Crippen molar-refractivity contribution < 1.29 is 14.5 Å². The van der Waals surface area contributed by atoms with Crippen molar-refractivity contribution in [3.8, 4) is 0 Å². The number of amides is 3. The van der Waals surface area contributed by atoms with Crippen LogP contribution >= 0.6 is 11.6 Å². The van der Waals surface area contributed by atoms with E-state index in [1.165, 1.54) is 21.1 Å². The van der Waals surface area contributed by atoms with Crippen LogP contribution in [0.2, 0.25) is 5.02 Å². The van der Waals surface area contributed by atoms with E-state index in [2.05, 4.69) is 17.1 Å². The summed E-state index contributed by atoms with van der Waals surface area (Å²) in [6.45, 7) is 7.04. The fourth-order valence-corrected chi connectivity index (χ4v) is 3.35. The van der Waals surface area contributed by atoms with Gasteiger partial charge in [0.25, 0.3) is 5.91 Å². The first-order chi connectivity index (χ1) is 11.0. The molecule has 1 aromatic rings. The Bertz CT molecular complexity index is 614. The van der Waals surface area contributed by atoms with Crippen molar-refractivity contribution in [2.45, 2.75) is 6.92 Å². The van der Waals surface area contributed by atoms with Crippen molar-refractivity contribution in [2.75, 3.05) is 50.7 Å². The van der Waals surface area contributed by atoms with Gasteiger partial charge >= 0.3 is 6.03 Å². The molecule has 2 aliphatic heterocycles. The molecule has 2 saturated heterocycles. The first-order valence-electron chi connectivity index (χ1n) is 7.97. The lowest BCUT2D eigenvalue weighted by Crippen LogP contribution is -3.16. The van der Waals surface area contributed by atoms with E-state index in [9.17, 15) is 9.59 Å². The van der Waals surface area contributed by atoms with Crippen LogP contribution in [0.3, 0.4) is 0 Å². The summed E-state index contributed by atoms with van der Waals surface area (Å²) in [5.41, 5.74) is 2.38. The number of anilines is 1. The molecule has 6 nitrogen and oxygen atoms in total. The third kappa shape index (κ3) is 3.59. The summed E-state index contributed by atoms with van der Waals surface area (Å²) in [6.07, 6.45) is 0. The van der Waals surface area contributed by atoms with Gasteiger partial charge in [0, 0.05) is 23.8 Å². The zero-order valence-corrected chi connectivity index (χ0v) is 14.0. The molecule has 0 spiro atoms. The zero-order valence-electron chi connectivity index (χ0n) is 13.3. The molecule has 124 valence electrons. The lowest BCUT2D eigenvalue weighted by molar-refractivity contribution is -0.892. The molecule has 1 aromatic carbocycles. The van der Waals surface area contributed by atoms with Gasteiger partial charge in [-0.25, -0.2) is 4.79 Å². The van der Waals surface area contributed by atoms with Gasteiger partial charge in [0.15, 0.2) is 6.54 Å². The molecule has 0 unspecified atom stereocenters. The van der Waals surface area contributed by atoms with Crippen molar-refractivity contribution in [1.29, 1.82) is 0 Å². The van der Waals surface area contributed by atoms with Crippen LogP contribution in [-0.4, -0.2) is 62.7 Å². The predicted octanol–water partition coefficient (Wildman–Crippen LogP) is -0.0949. The summed E-state index contributed by atoms with van der Waals surface area (Å²) in [5.74, 6) is -0.0811. The molecule has 0 aromatic heterocycles. The number of carbonyl (C=O) groups is 2. The summed E-state index contributed by atoms with van der Waals surface area (Å²) in [7, 11) is 0. The highest BCUT2D eigenvalue weighted by Crippen LogP contribution is 2.24. The van der Waals surface area contributed by atoms with Gasteiger partial charge in [-0.3, -0.25) is 9.69 Å². The van der Waals surface area contributed by atoms with E-state index in [0.29, 0.717) is 19.6 Å². The molecule has 2 heterocycles. The number of quaternary nitrogens is 1. The summed E-state index contributed by atoms with van der Waals surface area (Å²) < 4.78 is 0. The number of aryl methyl sites for hydroxylation is 1. The SMILES string of the molecule is Cc1ccc(Cl)cc1N1CC[NH+](CC(=O)N2CCNC2=O)CC1. The second-order valence-corrected chi connectivity index (χ2v) is 6.56. The fourth-order valence-electron chi connectivity index (χ4n) is 3.18. The Morgan fingerprint density at radius 2 is 2.04 bits per heavy atom. The second-order valence-electron chi connectivity index (χ2n) is 6.12. The normalized spacial score (nSPS) is 19.1. The van der Waals surface area contributed by atoms with Crippen LogP contribution in [0.25, 0.3) is 0 Å². The Morgan fingerprint density at radius 1 is 1.30 bits per heavy atom. The largest absolute Gasteiger partial charge is 0.360 e. The van der Waals surface area contributed by atoms with Gasteiger partial charge in [-0.2, -0.15) is 0 Å². The van der Waals surface area contributed by atoms with Crippen LogP contribution in [0.4, 0.5) is 10.5 Å². The minimum absolute atomic E-state index is 0.0811. The van der Waals surface area contributed by atoms with E-state index in [-0.39, 0.29) is 11.9 Å². The van der Waals surface area contributed by atoms with Crippen molar-refractivity contribution in [2.24, 2.45) is 0 Å². The number of halogens is 1. The Kier molecular flexibility index (Phi) is 4.73. The highest BCUT2D eigenvalue weighted by atomic mass is 35.5. The van der Waals surface area contributed by atoms with Gasteiger partial charge in [-0.1, -0.05) is 17.7 Å². The van der Waals surface area contributed by atoms with Crippen molar-refractivity contribution in [1.82, 2.24) is 10.2 Å². The van der Waals surface area contributed by atoms with Crippen molar-refractivity contribution in [3.05, 3.63) is 28.8 Å². The predicted molar refractivity (Wildman–Crippen MR) is 89.1 cm³/mol. The number of benzene rings is 1. The topological polar surface area (TPSA) is 57.1 Å². The first kappa shape index (κ1) is 16.1. The van der Waals surface area contributed by atoms with Crippen molar-refractivity contribution in [3.63, 3.8) is 0 Å². The molecule has 0 radical (unpaired) electrons. The van der Waals surface area contributed by atoms with Gasteiger partial charge in [0.1, 0.15) is 0 Å². The molecule has 3 rings (SSSR count). The first-order valence-corrected chi connectivity index (χ1v) is 8.35. The van der Waals surface area contributed by atoms with E-state index in [4.69, 9.17) is 11.6 Å². The Morgan fingerprint density at radius 3 is 2.70 bits per heavy atom. The lowest BCUT2D eigenvalue weighted by Gasteiger charge is -2.34. The zero-order chi connectivity index (χ0) is 16.4. The molecule has 23 heavy (non-hydrogen) atoms. The Balaban J connectivity index is 1.55. The Labute approximate surface area is 141 Å². The molecule has 2 fully saturated rings. The monoisotopic (exact) mass is 337 g/mol. The van der Waals surface area contributed by atoms with E-state index in [1.807, 2.05) is 18.2 Å². The third-order valence-corrected chi connectivity index (χ3v) is 4.78. The van der Waals surface area contributed by atoms with E-state index in [0.717, 1.165) is 31.2 Å². The molecule has 0 saturated carbocycles. The van der Waals surface area contributed by atoms with Crippen LogP contribution in [0, 0.1) is 6.92 Å². The minimum atomic E-state index is -0.261. The fraction of sp³-hybridized carbons (Fsp3) is 0.500. The van der Waals surface area contributed by atoms with Gasteiger partial charge in [0.05, 0.1) is 26.2 Å². The number of rotatable bonds is 3. The quantitative estimate of drug-likeness (QED) is 0.810. The molecule has 7 heteroatoms. The maximum atomic E-state index is 12.2. The number of carbonyl (C=O) groups excluding carboxylic acids is 2. The summed E-state index contributed by atoms with van der Waals surface area (Å²) >= 11 is 6.10. The number of piperazine rings is 1. The molecular formula is C16H22ClN4O2+. The average molecular weight is 338 g/mol. The van der Waals surface area contributed by atoms with Gasteiger partial charge in [-0.15, -0.1) is 0 Å². The van der Waals surface area contributed by atoms with Crippen LogP contribution in [-0.2, 0) is 4.79 Å². The molecule has 0 aliphatic carbocycles. The minimum Gasteiger partial charge on any atom is -0.360 e. The maximum absolute atomic E-state index is 12.2. The third-order valence-electron chi connectivity index (χ3n) is 4.54. The lowest BCUT2D eigenvalue weighted by atomic mass is 10.1. The smallest absolute Gasteiger partial charge is 0.324 e. The molecule has 3 amide bonds. The number of urea groups is 1. The van der Waals surface area contributed by atoms with Gasteiger partial charge in [0.2, 0.25) is 0 Å². The van der Waals surface area contributed by atoms with Gasteiger partial charge < -0.3 is 15.1 Å². The highest BCUT2D eigenvalue weighted by Gasteiger charge is 2.30. The van der Waals surface area contributed by atoms with Crippen LogP contribution in [0.15, 0.2) is 18.2 Å². The maximum Gasteiger partial charge on any atom is 0.324 e. The van der Waals surface area contributed by atoms with E-state index >= 15 is 0 Å². The number of hydrogen-bond acceptors (Lipinski definition) is 3. The number of hydrogen-bond donors (Lipinski definition) is 2. The number of nitrogens with one attached hydrogen (secondary N) is 2. The average Bonchev–Trinajstić information content (AvgIpc) is 2.97. The van der Waals surface area contributed by atoms with Gasteiger partial charge in [-0.05, 0) is 24.6 Å². The van der Waals surface area contributed by atoms with Crippen molar-refractivity contribution >= 4 is 29.2 Å². The van der Waals surface area contributed by atoms with Crippen LogP contribution < -0.4 is 15.1 Å². The Hall–Kier alpha value is -1.79. The second kappa shape index (κ2) is 6.76. The summed E-state index contributed by atoms with van der Waals surface area (Å²) in [6, 6.07) is 5.68. The molecule has 2 aliphatic rings. The van der Waals surface area contributed by atoms with Crippen LogP contribution in [0.1, 0.15) is 5.56 Å². The van der Waals surface area contributed by atoms with E-state index < -0.39 is 0 Å². The number of imide groups is 1. The number of nitrogens with zero attached hydrogens (tertiary/aromatic N) is 2. The highest BCUT2D eigenvalue weighted by molar-refractivity contribution is 6.30. The molecular weight excluding hydrogens is 316 g/mol. The molecule has 0 bridgehead atoms. The molecule has 2 N–H and O–H groups in total. The van der Waals surface area contributed by atoms with E-state index in [1.54, 1.807) is 0 Å². The standard InChI is InChI=1S/C16H21ClN4O2/c1-12-2-3-13(17)10-14(12)20-8-6-19(7-9-20)11-15(22)21-5-4-18-16(21)23/h2-3,10H,4-9,11H2,1H3,(H,18,23)/p+1. The summed E-state index contributed by atoms with van der Waals surface area (Å²) in [4.78, 5) is 28.6. The van der Waals surface area contributed by atoms with Crippen LogP contribution in [0.5, 0.6) is 0 Å². The summed E-state index contributed by atoms with van der Waals surface area (Å²) in [5, 5.41) is 3.41.